The highest BCUT2D eigenvalue weighted by molar-refractivity contribution is 5.92. The summed E-state index contributed by atoms with van der Waals surface area (Å²) < 4.78 is 0. The van der Waals surface area contributed by atoms with Crippen LogP contribution in [0, 0.1) is 22.7 Å². The summed E-state index contributed by atoms with van der Waals surface area (Å²) in [7, 11) is 0. The average Bonchev–Trinajstić information content (AvgIpc) is 3.11. The molecule has 1 fully saturated rings. The number of hydrogen-bond acceptors (Lipinski definition) is 3. The van der Waals surface area contributed by atoms with Crippen LogP contribution in [-0.2, 0) is 10.2 Å². The van der Waals surface area contributed by atoms with Crippen molar-refractivity contribution in [3.05, 3.63) is 29.8 Å². The van der Waals surface area contributed by atoms with Gasteiger partial charge < -0.3 is 5.32 Å². The van der Waals surface area contributed by atoms with E-state index in [1.165, 1.54) is 0 Å². The van der Waals surface area contributed by atoms with Gasteiger partial charge in [-0.3, -0.25) is 4.79 Å². The van der Waals surface area contributed by atoms with Crippen molar-refractivity contribution in [1.82, 2.24) is 0 Å². The average molecular weight is 225 g/mol. The molecule has 0 saturated heterocycles. The quantitative estimate of drug-likeness (QED) is 0.855. The van der Waals surface area contributed by atoms with E-state index >= 15 is 0 Å². The lowest BCUT2D eigenvalue weighted by molar-refractivity contribution is -0.115. The van der Waals surface area contributed by atoms with Crippen LogP contribution in [0.3, 0.4) is 0 Å². The van der Waals surface area contributed by atoms with Crippen LogP contribution in [0.1, 0.15) is 24.8 Å². The first-order chi connectivity index (χ1) is 8.20. The van der Waals surface area contributed by atoms with Crippen LogP contribution < -0.4 is 5.32 Å². The number of hydrogen-bond donors (Lipinski definition) is 1. The zero-order valence-electron chi connectivity index (χ0n) is 9.23. The summed E-state index contributed by atoms with van der Waals surface area (Å²) in [6, 6.07) is 11.4. The van der Waals surface area contributed by atoms with Gasteiger partial charge in [-0.05, 0) is 30.5 Å². The topological polar surface area (TPSA) is 76.7 Å². The van der Waals surface area contributed by atoms with Gasteiger partial charge in [-0.25, -0.2) is 0 Å². The first kappa shape index (κ1) is 11.2. The first-order valence-electron chi connectivity index (χ1n) is 5.39. The van der Waals surface area contributed by atoms with E-state index in [0.29, 0.717) is 5.69 Å². The molecular formula is C13H11N3O. The molecule has 0 radical (unpaired) electrons. The highest BCUT2D eigenvalue weighted by Gasteiger charge is 2.44. The molecule has 84 valence electrons. The van der Waals surface area contributed by atoms with Crippen LogP contribution in [0.25, 0.3) is 0 Å². The lowest BCUT2D eigenvalue weighted by Crippen LogP contribution is -2.10. The number of benzene rings is 1. The van der Waals surface area contributed by atoms with Gasteiger partial charge >= 0.3 is 0 Å². The molecule has 2 rings (SSSR count). The zero-order valence-corrected chi connectivity index (χ0v) is 9.23. The van der Waals surface area contributed by atoms with Gasteiger partial charge in [0.05, 0.1) is 17.6 Å². The molecule has 0 spiro atoms. The molecule has 0 atom stereocenters. The molecule has 17 heavy (non-hydrogen) atoms. The maximum atomic E-state index is 11.2. The number of nitrogens with one attached hydrogen (secondary N) is 1. The standard InChI is InChI=1S/C13H11N3O/c14-8-5-12(17)16-11-3-1-10(2-4-11)13(9-15)6-7-13/h1-4H,5-7H2,(H,16,17). The van der Waals surface area contributed by atoms with Crippen molar-refractivity contribution < 1.29 is 4.79 Å². The Labute approximate surface area is 99.5 Å². The molecule has 0 heterocycles. The second-order valence-electron chi connectivity index (χ2n) is 4.15. The van der Waals surface area contributed by atoms with E-state index in [0.717, 1.165) is 18.4 Å². The minimum absolute atomic E-state index is 0.149. The van der Waals surface area contributed by atoms with Gasteiger partial charge in [0.2, 0.25) is 5.91 Å². The van der Waals surface area contributed by atoms with E-state index in [1.54, 1.807) is 18.2 Å². The summed E-state index contributed by atoms with van der Waals surface area (Å²) >= 11 is 0. The third-order valence-corrected chi connectivity index (χ3v) is 2.92. The van der Waals surface area contributed by atoms with Crippen molar-refractivity contribution in [2.75, 3.05) is 5.32 Å². The molecule has 0 unspecified atom stereocenters. The van der Waals surface area contributed by atoms with Gasteiger partial charge in [0.15, 0.2) is 0 Å². The van der Waals surface area contributed by atoms with Crippen molar-refractivity contribution in [3.63, 3.8) is 0 Å². The maximum Gasteiger partial charge on any atom is 0.238 e. The fourth-order valence-corrected chi connectivity index (χ4v) is 1.74. The van der Waals surface area contributed by atoms with Gasteiger partial charge in [0.1, 0.15) is 6.42 Å². The van der Waals surface area contributed by atoms with E-state index in [-0.39, 0.29) is 17.7 Å². The van der Waals surface area contributed by atoms with Gasteiger partial charge in [0, 0.05) is 5.69 Å². The number of nitriles is 2. The van der Waals surface area contributed by atoms with Gasteiger partial charge in [-0.1, -0.05) is 12.1 Å². The fraction of sp³-hybridized carbons (Fsp3) is 0.308. The van der Waals surface area contributed by atoms with Gasteiger partial charge in [-0.15, -0.1) is 0 Å². The Morgan fingerprint density at radius 2 is 1.94 bits per heavy atom. The van der Waals surface area contributed by atoms with E-state index in [2.05, 4.69) is 11.4 Å². The summed E-state index contributed by atoms with van der Waals surface area (Å²) in [5, 5.41) is 20.0. The molecule has 1 aromatic rings. The summed E-state index contributed by atoms with van der Waals surface area (Å²) in [5.74, 6) is -0.318. The second kappa shape index (κ2) is 4.27. The smallest absolute Gasteiger partial charge is 0.238 e. The molecule has 0 bridgehead atoms. The third kappa shape index (κ3) is 2.26. The molecule has 1 amide bonds. The third-order valence-electron chi connectivity index (χ3n) is 2.92. The number of rotatable bonds is 3. The normalized spacial score (nSPS) is 15.4. The summed E-state index contributed by atoms with van der Waals surface area (Å²) in [6.45, 7) is 0. The maximum absolute atomic E-state index is 11.2. The van der Waals surface area contributed by atoms with E-state index in [4.69, 9.17) is 10.5 Å². The van der Waals surface area contributed by atoms with Crippen LogP contribution >= 0.6 is 0 Å². The second-order valence-corrected chi connectivity index (χ2v) is 4.15. The zero-order chi connectivity index (χ0) is 12.3. The molecule has 0 aromatic heterocycles. The monoisotopic (exact) mass is 225 g/mol. The first-order valence-corrected chi connectivity index (χ1v) is 5.39. The number of carbonyl (C=O) groups is 1. The number of carbonyl (C=O) groups excluding carboxylic acids is 1. The SMILES string of the molecule is N#CCC(=O)Nc1ccc(C2(C#N)CC2)cc1. The van der Waals surface area contributed by atoms with Crippen molar-refractivity contribution in [1.29, 1.82) is 10.5 Å². The highest BCUT2D eigenvalue weighted by Crippen LogP contribution is 2.47. The Balaban J connectivity index is 2.07. The van der Waals surface area contributed by atoms with Crippen LogP contribution in [-0.4, -0.2) is 5.91 Å². The highest BCUT2D eigenvalue weighted by atomic mass is 16.1. The van der Waals surface area contributed by atoms with Gasteiger partial charge in [0.25, 0.3) is 0 Å². The van der Waals surface area contributed by atoms with Crippen molar-refractivity contribution >= 4 is 11.6 Å². The molecule has 1 aliphatic carbocycles. The molecule has 1 N–H and O–H groups in total. The molecule has 1 aliphatic rings. The predicted molar refractivity (Wildman–Crippen MR) is 61.8 cm³/mol. The Hall–Kier alpha value is -2.33. The Morgan fingerprint density at radius 3 is 2.41 bits per heavy atom. The van der Waals surface area contributed by atoms with Crippen LogP contribution in [0.2, 0.25) is 0 Å². The number of amides is 1. The minimum atomic E-state index is -0.318. The Kier molecular flexibility index (Phi) is 2.80. The summed E-state index contributed by atoms with van der Waals surface area (Å²) in [6.07, 6.45) is 1.66. The molecule has 1 saturated carbocycles. The van der Waals surface area contributed by atoms with Crippen LogP contribution in [0.15, 0.2) is 24.3 Å². The molecule has 4 heteroatoms. The molecule has 4 nitrogen and oxygen atoms in total. The van der Waals surface area contributed by atoms with Crippen molar-refractivity contribution in [2.45, 2.75) is 24.7 Å². The molecular weight excluding hydrogens is 214 g/mol. The van der Waals surface area contributed by atoms with Crippen molar-refractivity contribution in [2.24, 2.45) is 0 Å². The van der Waals surface area contributed by atoms with Crippen LogP contribution in [0.5, 0.6) is 0 Å². The lowest BCUT2D eigenvalue weighted by atomic mass is 9.98. The Bertz CT molecular complexity index is 515. The summed E-state index contributed by atoms with van der Waals surface area (Å²) in [4.78, 5) is 11.2. The number of nitrogens with zero attached hydrogens (tertiary/aromatic N) is 2. The predicted octanol–water partition coefficient (Wildman–Crippen LogP) is 2.09. The minimum Gasteiger partial charge on any atom is -0.325 e. The lowest BCUT2D eigenvalue weighted by Gasteiger charge is -2.07. The van der Waals surface area contributed by atoms with Crippen LogP contribution in [0.4, 0.5) is 5.69 Å². The Morgan fingerprint density at radius 1 is 1.29 bits per heavy atom. The van der Waals surface area contributed by atoms with Gasteiger partial charge in [-0.2, -0.15) is 10.5 Å². The molecule has 0 aliphatic heterocycles. The van der Waals surface area contributed by atoms with E-state index in [1.807, 2.05) is 12.1 Å². The van der Waals surface area contributed by atoms with Crippen molar-refractivity contribution in [3.8, 4) is 12.1 Å². The van der Waals surface area contributed by atoms with E-state index < -0.39 is 0 Å². The molecule has 1 aromatic carbocycles. The largest absolute Gasteiger partial charge is 0.325 e. The number of anilines is 1. The fourth-order valence-electron chi connectivity index (χ4n) is 1.74. The van der Waals surface area contributed by atoms with E-state index in [9.17, 15) is 4.79 Å². The summed E-state index contributed by atoms with van der Waals surface area (Å²) in [5.41, 5.74) is 1.36.